The molecule has 1 aliphatic rings. The number of methoxy groups -OCH3 is 1. The van der Waals surface area contributed by atoms with Gasteiger partial charge < -0.3 is 20.3 Å². The minimum Gasteiger partial charge on any atom is -0.481 e. The maximum absolute atomic E-state index is 11.7. The van der Waals surface area contributed by atoms with Crippen molar-refractivity contribution in [3.8, 4) is 5.88 Å². The molecule has 7 heteroatoms. The van der Waals surface area contributed by atoms with E-state index in [-0.39, 0.29) is 6.03 Å². The lowest BCUT2D eigenvalue weighted by Crippen LogP contribution is -2.46. The van der Waals surface area contributed by atoms with Crippen molar-refractivity contribution in [1.29, 1.82) is 0 Å². The molecule has 1 fully saturated rings. The van der Waals surface area contributed by atoms with Gasteiger partial charge in [-0.3, -0.25) is 0 Å². The van der Waals surface area contributed by atoms with Crippen molar-refractivity contribution in [3.05, 3.63) is 12.4 Å². The van der Waals surface area contributed by atoms with E-state index >= 15 is 0 Å². The highest BCUT2D eigenvalue weighted by Crippen LogP contribution is 2.17. The fourth-order valence-corrected chi connectivity index (χ4v) is 2.23. The number of urea groups is 1. The van der Waals surface area contributed by atoms with E-state index in [9.17, 15) is 4.79 Å². The number of carbonyl (C=O) groups excluding carboxylic acids is 1. The fourth-order valence-electron chi connectivity index (χ4n) is 2.23. The second-order valence-corrected chi connectivity index (χ2v) is 4.69. The molecule has 0 atom stereocenters. The zero-order valence-corrected chi connectivity index (χ0v) is 11.9. The number of amides is 2. The van der Waals surface area contributed by atoms with E-state index in [1.165, 1.54) is 6.33 Å². The molecule has 1 saturated heterocycles. The molecule has 1 aromatic rings. The summed E-state index contributed by atoms with van der Waals surface area (Å²) in [6, 6.07) is 2.12. The summed E-state index contributed by atoms with van der Waals surface area (Å²) in [4.78, 5) is 21.7. The molecule has 0 aromatic carbocycles. The van der Waals surface area contributed by atoms with Crippen molar-refractivity contribution in [2.24, 2.45) is 0 Å². The highest BCUT2D eigenvalue weighted by atomic mass is 16.5. The van der Waals surface area contributed by atoms with Crippen LogP contribution in [0, 0.1) is 0 Å². The van der Waals surface area contributed by atoms with Gasteiger partial charge in [-0.05, 0) is 19.8 Å². The Morgan fingerprint density at radius 2 is 2.20 bits per heavy atom. The number of rotatable bonds is 4. The lowest BCUT2D eigenvalue weighted by atomic mass is 10.1. The first-order valence-corrected chi connectivity index (χ1v) is 6.88. The molecule has 2 N–H and O–H groups in total. The molecule has 2 heterocycles. The third-order valence-corrected chi connectivity index (χ3v) is 3.31. The van der Waals surface area contributed by atoms with Crippen molar-refractivity contribution >= 4 is 11.8 Å². The van der Waals surface area contributed by atoms with Gasteiger partial charge in [0.15, 0.2) is 0 Å². The largest absolute Gasteiger partial charge is 0.481 e. The molecule has 0 unspecified atom stereocenters. The number of nitrogens with one attached hydrogen (secondary N) is 2. The third-order valence-electron chi connectivity index (χ3n) is 3.31. The molecule has 2 rings (SSSR count). The van der Waals surface area contributed by atoms with Crippen molar-refractivity contribution in [2.45, 2.75) is 25.8 Å². The number of aromatic nitrogens is 2. The van der Waals surface area contributed by atoms with Crippen LogP contribution in [0.15, 0.2) is 12.4 Å². The number of likely N-dealkylation sites (tertiary alicyclic amines) is 1. The Balaban J connectivity index is 1.83. The second kappa shape index (κ2) is 6.93. The number of anilines is 1. The summed E-state index contributed by atoms with van der Waals surface area (Å²) in [5.74, 6) is 1.30. The number of hydrogen-bond acceptors (Lipinski definition) is 5. The minimum absolute atomic E-state index is 0.0228. The molecule has 0 spiro atoms. The summed E-state index contributed by atoms with van der Waals surface area (Å²) in [6.07, 6.45) is 3.29. The van der Waals surface area contributed by atoms with E-state index in [1.54, 1.807) is 13.2 Å². The van der Waals surface area contributed by atoms with Crippen LogP contribution < -0.4 is 15.4 Å². The van der Waals surface area contributed by atoms with Gasteiger partial charge >= 0.3 is 6.03 Å². The first kappa shape index (κ1) is 14.4. The molecule has 0 radical (unpaired) electrons. The molecular formula is C13H21N5O2. The van der Waals surface area contributed by atoms with Gasteiger partial charge in [0.05, 0.1) is 7.11 Å². The van der Waals surface area contributed by atoms with Gasteiger partial charge in [0.2, 0.25) is 5.88 Å². The second-order valence-electron chi connectivity index (χ2n) is 4.69. The van der Waals surface area contributed by atoms with Crippen molar-refractivity contribution in [2.75, 3.05) is 32.1 Å². The molecule has 1 aliphatic heterocycles. The molecule has 20 heavy (non-hydrogen) atoms. The van der Waals surface area contributed by atoms with E-state index in [4.69, 9.17) is 4.74 Å². The third kappa shape index (κ3) is 3.72. The van der Waals surface area contributed by atoms with Gasteiger partial charge in [-0.2, -0.15) is 0 Å². The van der Waals surface area contributed by atoms with Crippen molar-refractivity contribution in [1.82, 2.24) is 20.2 Å². The Morgan fingerprint density at radius 1 is 1.45 bits per heavy atom. The predicted molar refractivity (Wildman–Crippen MR) is 75.9 cm³/mol. The number of nitrogens with zero attached hydrogens (tertiary/aromatic N) is 3. The monoisotopic (exact) mass is 279 g/mol. The summed E-state index contributed by atoms with van der Waals surface area (Å²) in [6.45, 7) is 4.10. The lowest BCUT2D eigenvalue weighted by Gasteiger charge is -2.32. The van der Waals surface area contributed by atoms with Gasteiger partial charge in [-0.15, -0.1) is 0 Å². The van der Waals surface area contributed by atoms with E-state index in [1.807, 2.05) is 11.8 Å². The summed E-state index contributed by atoms with van der Waals surface area (Å²) < 4.78 is 5.07. The first-order chi connectivity index (χ1) is 9.72. The van der Waals surface area contributed by atoms with E-state index < -0.39 is 0 Å². The van der Waals surface area contributed by atoms with Crippen molar-refractivity contribution < 1.29 is 9.53 Å². The highest BCUT2D eigenvalue weighted by Gasteiger charge is 2.22. The summed E-state index contributed by atoms with van der Waals surface area (Å²) in [5, 5.41) is 6.18. The Bertz CT molecular complexity index is 446. The Morgan fingerprint density at radius 3 is 2.85 bits per heavy atom. The Labute approximate surface area is 118 Å². The predicted octanol–water partition coefficient (Wildman–Crippen LogP) is 1.09. The maximum Gasteiger partial charge on any atom is 0.317 e. The Kier molecular flexibility index (Phi) is 4.97. The number of carbonyl (C=O) groups is 1. The van der Waals surface area contributed by atoms with Gasteiger partial charge in [-0.25, -0.2) is 14.8 Å². The van der Waals surface area contributed by atoms with Crippen LogP contribution in [0.1, 0.15) is 19.8 Å². The van der Waals surface area contributed by atoms with Crippen LogP contribution >= 0.6 is 0 Å². The van der Waals surface area contributed by atoms with Gasteiger partial charge in [0, 0.05) is 31.7 Å². The zero-order chi connectivity index (χ0) is 14.4. The normalized spacial score (nSPS) is 15.8. The van der Waals surface area contributed by atoms with E-state index in [2.05, 4.69) is 20.6 Å². The quantitative estimate of drug-likeness (QED) is 0.862. The fraction of sp³-hybridized carbons (Fsp3) is 0.615. The van der Waals surface area contributed by atoms with Crippen LogP contribution in [0.25, 0.3) is 0 Å². The lowest BCUT2D eigenvalue weighted by molar-refractivity contribution is 0.184. The Hall–Kier alpha value is -2.05. The average Bonchev–Trinajstić information content (AvgIpc) is 2.48. The molecule has 110 valence electrons. The molecule has 0 aliphatic carbocycles. The zero-order valence-electron chi connectivity index (χ0n) is 11.9. The van der Waals surface area contributed by atoms with E-state index in [0.717, 1.165) is 31.7 Å². The van der Waals surface area contributed by atoms with E-state index in [0.29, 0.717) is 18.5 Å². The van der Waals surface area contributed by atoms with Gasteiger partial charge in [-0.1, -0.05) is 0 Å². The van der Waals surface area contributed by atoms with Crippen LogP contribution in [0.2, 0.25) is 0 Å². The van der Waals surface area contributed by atoms with Crippen LogP contribution in [0.3, 0.4) is 0 Å². The molecule has 2 amide bonds. The molecule has 7 nitrogen and oxygen atoms in total. The minimum atomic E-state index is 0.0228. The molecular weight excluding hydrogens is 258 g/mol. The SMILES string of the molecule is CCNC(=O)N1CCC(Nc2cc(OC)ncn2)CC1. The van der Waals surface area contributed by atoms with Gasteiger partial charge in [0.1, 0.15) is 12.1 Å². The maximum atomic E-state index is 11.7. The number of hydrogen-bond donors (Lipinski definition) is 2. The van der Waals surface area contributed by atoms with Crippen LogP contribution in [0.4, 0.5) is 10.6 Å². The average molecular weight is 279 g/mol. The van der Waals surface area contributed by atoms with Gasteiger partial charge in [0.25, 0.3) is 0 Å². The summed E-state index contributed by atoms with van der Waals surface area (Å²) in [7, 11) is 1.58. The van der Waals surface area contributed by atoms with Crippen molar-refractivity contribution in [3.63, 3.8) is 0 Å². The molecule has 0 saturated carbocycles. The molecule has 1 aromatic heterocycles. The number of ether oxygens (including phenoxy) is 1. The summed E-state index contributed by atoms with van der Waals surface area (Å²) >= 11 is 0. The smallest absolute Gasteiger partial charge is 0.317 e. The van der Waals surface area contributed by atoms with Crippen LogP contribution in [-0.4, -0.2) is 53.7 Å². The van der Waals surface area contributed by atoms with Crippen LogP contribution in [-0.2, 0) is 0 Å². The first-order valence-electron chi connectivity index (χ1n) is 6.88. The molecule has 0 bridgehead atoms. The standard InChI is InChI=1S/C13H21N5O2/c1-3-14-13(19)18-6-4-10(5-7-18)17-11-8-12(20-2)16-9-15-11/h8-10H,3-7H2,1-2H3,(H,14,19)(H,15,16,17). The summed E-state index contributed by atoms with van der Waals surface area (Å²) in [5.41, 5.74) is 0. The van der Waals surface area contributed by atoms with Crippen LogP contribution in [0.5, 0.6) is 5.88 Å². The number of piperidine rings is 1. The topological polar surface area (TPSA) is 79.4 Å². The highest BCUT2D eigenvalue weighted by molar-refractivity contribution is 5.74.